The van der Waals surface area contributed by atoms with Gasteiger partial charge in [0.05, 0.1) is 14.2 Å². The lowest BCUT2D eigenvalue weighted by Gasteiger charge is -2.13. The topological polar surface area (TPSA) is 68.3 Å². The summed E-state index contributed by atoms with van der Waals surface area (Å²) in [7, 11) is 4.66. The van der Waals surface area contributed by atoms with E-state index in [-0.39, 0.29) is 5.75 Å². The van der Waals surface area contributed by atoms with E-state index in [0.717, 1.165) is 0 Å². The summed E-state index contributed by atoms with van der Waals surface area (Å²) in [5.74, 6) is 1.22. The molecule has 1 aromatic heterocycles. The zero-order valence-electron chi connectivity index (χ0n) is 11.4. The van der Waals surface area contributed by atoms with Gasteiger partial charge in [0.15, 0.2) is 23.2 Å². The van der Waals surface area contributed by atoms with Gasteiger partial charge in [0.2, 0.25) is 5.75 Å². The van der Waals surface area contributed by atoms with Crippen LogP contribution in [-0.2, 0) is 0 Å². The summed E-state index contributed by atoms with van der Waals surface area (Å²) in [5, 5.41) is 5.94. The molecule has 0 amide bonds. The molecule has 0 atom stereocenters. The third kappa shape index (κ3) is 2.71. The van der Waals surface area contributed by atoms with Gasteiger partial charge >= 0.3 is 0 Å². The molecule has 0 saturated carbocycles. The predicted octanol–water partition coefficient (Wildman–Crippen LogP) is 2.42. The fraction of sp³-hybridized carbons (Fsp3) is 0.231. The van der Waals surface area contributed by atoms with E-state index >= 15 is 0 Å². The number of benzene rings is 1. The molecule has 2 rings (SSSR count). The average Bonchev–Trinajstić information content (AvgIpc) is 2.48. The smallest absolute Gasteiger partial charge is 0.204 e. The molecule has 0 bridgehead atoms. The molecule has 1 heterocycles. The van der Waals surface area contributed by atoms with Crippen molar-refractivity contribution in [2.24, 2.45) is 0 Å². The van der Waals surface area contributed by atoms with Crippen LogP contribution in [0.2, 0.25) is 0 Å². The molecule has 20 heavy (non-hydrogen) atoms. The molecule has 2 aromatic rings. The molecule has 0 saturated heterocycles. The van der Waals surface area contributed by atoms with Gasteiger partial charge in [-0.15, -0.1) is 0 Å². The third-order valence-electron chi connectivity index (χ3n) is 2.66. The van der Waals surface area contributed by atoms with Crippen molar-refractivity contribution in [3.8, 4) is 11.5 Å². The first-order valence-electron chi connectivity index (χ1n) is 5.87. The van der Waals surface area contributed by atoms with Gasteiger partial charge in [-0.1, -0.05) is 0 Å². The van der Waals surface area contributed by atoms with Gasteiger partial charge in [0.25, 0.3) is 0 Å². The highest BCUT2D eigenvalue weighted by molar-refractivity contribution is 5.69. The van der Waals surface area contributed by atoms with Crippen LogP contribution in [0.1, 0.15) is 0 Å². The highest BCUT2D eigenvalue weighted by Gasteiger charge is 2.12. The Bertz CT molecular complexity index is 607. The van der Waals surface area contributed by atoms with Crippen molar-refractivity contribution >= 4 is 17.3 Å². The number of methoxy groups -OCH3 is 2. The Hall–Kier alpha value is -2.57. The second kappa shape index (κ2) is 6.05. The molecule has 106 valence electrons. The molecule has 0 aliphatic rings. The Balaban J connectivity index is 2.34. The van der Waals surface area contributed by atoms with Crippen molar-refractivity contribution in [2.75, 3.05) is 31.9 Å². The molecule has 6 nitrogen and oxygen atoms in total. The summed E-state index contributed by atoms with van der Waals surface area (Å²) in [6, 6.07) is 4.43. The van der Waals surface area contributed by atoms with Crippen LogP contribution in [-0.4, -0.2) is 31.2 Å². The lowest BCUT2D eigenvalue weighted by atomic mass is 10.3. The first-order chi connectivity index (χ1) is 9.69. The summed E-state index contributed by atoms with van der Waals surface area (Å²) in [4.78, 5) is 8.16. The maximum atomic E-state index is 13.4. The van der Waals surface area contributed by atoms with Gasteiger partial charge in [-0.25, -0.2) is 14.4 Å². The average molecular weight is 278 g/mol. The van der Waals surface area contributed by atoms with E-state index in [1.807, 2.05) is 0 Å². The normalized spacial score (nSPS) is 10.0. The molecule has 7 heteroatoms. The summed E-state index contributed by atoms with van der Waals surface area (Å²) in [5.41, 5.74) is 0.627. The summed E-state index contributed by atoms with van der Waals surface area (Å²) < 4.78 is 23.6. The first-order valence-corrected chi connectivity index (χ1v) is 5.87. The molecule has 1 aromatic carbocycles. The van der Waals surface area contributed by atoms with E-state index in [0.29, 0.717) is 23.1 Å². The number of anilines is 3. The Morgan fingerprint density at radius 1 is 1.10 bits per heavy atom. The Kier molecular flexibility index (Phi) is 4.19. The molecule has 0 aliphatic heterocycles. The van der Waals surface area contributed by atoms with E-state index in [1.165, 1.54) is 32.7 Å². The monoisotopic (exact) mass is 278 g/mol. The first kappa shape index (κ1) is 13.9. The number of hydrogen-bond donors (Lipinski definition) is 2. The van der Waals surface area contributed by atoms with E-state index in [9.17, 15) is 4.39 Å². The van der Waals surface area contributed by atoms with Crippen molar-refractivity contribution in [2.45, 2.75) is 0 Å². The highest BCUT2D eigenvalue weighted by Crippen LogP contribution is 2.32. The van der Waals surface area contributed by atoms with Crippen LogP contribution in [0.15, 0.2) is 24.5 Å². The summed E-state index contributed by atoms with van der Waals surface area (Å²) in [6.07, 6.45) is 1.40. The fourth-order valence-electron chi connectivity index (χ4n) is 1.71. The van der Waals surface area contributed by atoms with Gasteiger partial charge in [-0.3, -0.25) is 0 Å². The zero-order valence-corrected chi connectivity index (χ0v) is 11.4. The molecule has 0 spiro atoms. The number of nitrogens with one attached hydrogen (secondary N) is 2. The predicted molar refractivity (Wildman–Crippen MR) is 74.4 cm³/mol. The molecule has 0 unspecified atom stereocenters. The fourth-order valence-corrected chi connectivity index (χ4v) is 1.71. The van der Waals surface area contributed by atoms with E-state index in [1.54, 1.807) is 13.1 Å². The Morgan fingerprint density at radius 3 is 2.50 bits per heavy atom. The number of ether oxygens (including phenoxy) is 2. The number of rotatable bonds is 5. The summed E-state index contributed by atoms with van der Waals surface area (Å²) in [6.45, 7) is 0. The van der Waals surface area contributed by atoms with Crippen molar-refractivity contribution in [3.05, 3.63) is 30.3 Å². The van der Waals surface area contributed by atoms with Crippen LogP contribution in [0, 0.1) is 5.82 Å². The molecular weight excluding hydrogens is 263 g/mol. The minimum atomic E-state index is -0.427. The van der Waals surface area contributed by atoms with E-state index in [2.05, 4.69) is 20.6 Å². The number of nitrogens with zero attached hydrogens (tertiary/aromatic N) is 2. The molecule has 0 fully saturated rings. The number of hydrogen-bond acceptors (Lipinski definition) is 6. The zero-order chi connectivity index (χ0) is 14.5. The third-order valence-corrected chi connectivity index (χ3v) is 2.66. The summed E-state index contributed by atoms with van der Waals surface area (Å²) >= 11 is 0. The van der Waals surface area contributed by atoms with Gasteiger partial charge in [0, 0.05) is 18.8 Å². The van der Waals surface area contributed by atoms with E-state index in [4.69, 9.17) is 9.47 Å². The minimum absolute atomic E-state index is 0.150. The van der Waals surface area contributed by atoms with Crippen LogP contribution in [0.5, 0.6) is 11.5 Å². The maximum absolute atomic E-state index is 13.4. The largest absolute Gasteiger partial charge is 0.494 e. The molecule has 0 aliphatic carbocycles. The Labute approximate surface area is 116 Å². The van der Waals surface area contributed by atoms with Gasteiger partial charge < -0.3 is 20.1 Å². The van der Waals surface area contributed by atoms with Crippen LogP contribution in [0.3, 0.4) is 0 Å². The second-order valence-electron chi connectivity index (χ2n) is 3.83. The molecule has 0 radical (unpaired) electrons. The lowest BCUT2D eigenvalue weighted by molar-refractivity contribution is 0.387. The molecule has 2 N–H and O–H groups in total. The highest BCUT2D eigenvalue weighted by atomic mass is 19.1. The Morgan fingerprint density at radius 2 is 1.85 bits per heavy atom. The van der Waals surface area contributed by atoms with Crippen molar-refractivity contribution in [3.63, 3.8) is 0 Å². The second-order valence-corrected chi connectivity index (χ2v) is 3.83. The van der Waals surface area contributed by atoms with Crippen LogP contribution >= 0.6 is 0 Å². The van der Waals surface area contributed by atoms with Crippen molar-refractivity contribution < 1.29 is 13.9 Å². The van der Waals surface area contributed by atoms with Crippen LogP contribution in [0.4, 0.5) is 21.7 Å². The minimum Gasteiger partial charge on any atom is -0.494 e. The van der Waals surface area contributed by atoms with Gasteiger partial charge in [-0.2, -0.15) is 0 Å². The van der Waals surface area contributed by atoms with Crippen LogP contribution in [0.25, 0.3) is 0 Å². The quantitative estimate of drug-likeness (QED) is 0.875. The lowest BCUT2D eigenvalue weighted by Crippen LogP contribution is -2.03. The number of aromatic nitrogens is 2. The maximum Gasteiger partial charge on any atom is 0.204 e. The SMILES string of the molecule is CNc1ncnc(Nc2ccc(F)c(OC)c2)c1OC. The standard InChI is InChI=1S/C13H15FN4O2/c1-15-12-11(20-3)13(17-7-16-12)18-8-4-5-9(14)10(6-8)19-2/h4-7H,1-3H3,(H2,15,16,17,18). The number of halogens is 1. The van der Waals surface area contributed by atoms with Crippen molar-refractivity contribution in [1.82, 2.24) is 9.97 Å². The van der Waals surface area contributed by atoms with E-state index < -0.39 is 5.82 Å². The van der Waals surface area contributed by atoms with Crippen LogP contribution < -0.4 is 20.1 Å². The molecular formula is C13H15FN4O2. The van der Waals surface area contributed by atoms with Gasteiger partial charge in [0.1, 0.15) is 6.33 Å². The van der Waals surface area contributed by atoms with Crippen molar-refractivity contribution in [1.29, 1.82) is 0 Å². The van der Waals surface area contributed by atoms with Gasteiger partial charge in [-0.05, 0) is 12.1 Å².